The topological polar surface area (TPSA) is 38.3 Å². The Morgan fingerprint density at radius 3 is 2.08 bits per heavy atom. The molecule has 0 aliphatic heterocycles. The fourth-order valence-corrected chi connectivity index (χ4v) is 2.61. The highest BCUT2D eigenvalue weighted by molar-refractivity contribution is 5.80. The number of hydrogen-bond acceptors (Lipinski definition) is 2. The van der Waals surface area contributed by atoms with E-state index in [1.165, 1.54) is 11.1 Å². The van der Waals surface area contributed by atoms with Gasteiger partial charge in [0, 0.05) is 12.6 Å². The maximum atomic E-state index is 12.0. The summed E-state index contributed by atoms with van der Waals surface area (Å²) in [6.45, 7) is 15.4. The highest BCUT2D eigenvalue weighted by atomic mass is 16.5. The predicted octanol–water partition coefficient (Wildman–Crippen LogP) is 5.60. The number of ether oxygens (including phenoxy) is 1. The van der Waals surface area contributed by atoms with Crippen LogP contribution in [0.4, 0.5) is 0 Å². The second-order valence-corrected chi connectivity index (χ2v) is 7.81. The summed E-state index contributed by atoms with van der Waals surface area (Å²) in [5.41, 5.74) is 2.63. The van der Waals surface area contributed by atoms with Crippen molar-refractivity contribution in [2.45, 2.75) is 92.1 Å². The molecule has 144 valence electrons. The first kappa shape index (κ1) is 23.5. The third kappa shape index (κ3) is 5.49. The van der Waals surface area contributed by atoms with E-state index >= 15 is 0 Å². The molecule has 0 aliphatic rings. The zero-order valence-corrected chi connectivity index (χ0v) is 16.7. The van der Waals surface area contributed by atoms with Crippen molar-refractivity contribution >= 4 is 5.91 Å². The van der Waals surface area contributed by atoms with E-state index in [9.17, 15) is 4.79 Å². The van der Waals surface area contributed by atoms with Gasteiger partial charge in [-0.1, -0.05) is 68.0 Å². The number of likely N-dealkylation sites (N-methyl/N-ethyl adjacent to an activating group) is 1. The maximum Gasteiger partial charge on any atom is 0.260 e. The van der Waals surface area contributed by atoms with Crippen LogP contribution in [0.3, 0.4) is 0 Å². The number of hydrogen-bond donors (Lipinski definition) is 1. The van der Waals surface area contributed by atoms with E-state index in [1.807, 2.05) is 13.0 Å². The largest absolute Gasteiger partial charge is 0.480 e. The van der Waals surface area contributed by atoms with E-state index in [0.29, 0.717) is 6.42 Å². The second-order valence-electron chi connectivity index (χ2n) is 7.81. The predicted molar refractivity (Wildman–Crippen MR) is 109 cm³/mol. The van der Waals surface area contributed by atoms with Crippen molar-refractivity contribution in [2.24, 2.45) is 0 Å². The fourth-order valence-electron chi connectivity index (χ4n) is 2.61. The van der Waals surface area contributed by atoms with Crippen LogP contribution in [0.5, 0.6) is 5.75 Å². The summed E-state index contributed by atoms with van der Waals surface area (Å²) < 4.78 is 6.12. The third-order valence-electron chi connectivity index (χ3n) is 5.44. The van der Waals surface area contributed by atoms with Crippen molar-refractivity contribution in [2.75, 3.05) is 7.05 Å². The summed E-state index contributed by atoms with van der Waals surface area (Å²) in [5.74, 6) is 0.753. The summed E-state index contributed by atoms with van der Waals surface area (Å²) in [6.07, 6.45) is 2.28. The lowest BCUT2D eigenvalue weighted by Crippen LogP contribution is -2.36. The molecule has 3 nitrogen and oxygen atoms in total. The van der Waals surface area contributed by atoms with Crippen molar-refractivity contribution in [3.63, 3.8) is 0 Å². The molecule has 1 amide bonds. The highest BCUT2D eigenvalue weighted by Crippen LogP contribution is 2.38. The fraction of sp³-hybridized carbons (Fsp3) is 0.682. The normalized spacial score (nSPS) is 13.0. The molecule has 1 atom stereocenters. The van der Waals surface area contributed by atoms with Gasteiger partial charge in [-0.25, -0.2) is 0 Å². The van der Waals surface area contributed by atoms with E-state index in [4.69, 9.17) is 4.74 Å². The summed E-state index contributed by atoms with van der Waals surface area (Å²) in [7, 11) is 1.65. The summed E-state index contributed by atoms with van der Waals surface area (Å²) >= 11 is 0. The number of carbonyl (C=O) groups excluding carboxylic acids is 1. The van der Waals surface area contributed by atoms with Gasteiger partial charge in [-0.05, 0) is 41.7 Å². The van der Waals surface area contributed by atoms with Gasteiger partial charge in [0.2, 0.25) is 0 Å². The molecule has 1 rings (SSSR count). The molecule has 1 unspecified atom stereocenters. The number of nitrogens with one attached hydrogen (secondary N) is 1. The van der Waals surface area contributed by atoms with Crippen molar-refractivity contribution in [1.29, 1.82) is 0 Å². The van der Waals surface area contributed by atoms with Crippen LogP contribution in [-0.2, 0) is 15.6 Å². The molecule has 0 aromatic heterocycles. The molecule has 25 heavy (non-hydrogen) atoms. The summed E-state index contributed by atoms with van der Waals surface area (Å²) in [4.78, 5) is 12.0. The third-order valence-corrected chi connectivity index (χ3v) is 5.44. The van der Waals surface area contributed by atoms with E-state index in [2.05, 4.69) is 59.0 Å². The Balaban J connectivity index is 0.00000576. The lowest BCUT2D eigenvalue weighted by Gasteiger charge is -2.31. The standard InChI is InChI=1S/C21H35NO2.CH4/c1-9-17(19(23)22-8)24-18-13-12-15(20(4,5)10-2)14-16(18)21(6,7)11-3;/h12-14,17H,9-11H2,1-8H3,(H,22,23);1H4. The van der Waals surface area contributed by atoms with Gasteiger partial charge in [-0.2, -0.15) is 0 Å². The van der Waals surface area contributed by atoms with Crippen LogP contribution in [0.2, 0.25) is 0 Å². The molecular weight excluding hydrogens is 310 g/mol. The first-order valence-corrected chi connectivity index (χ1v) is 9.16. The van der Waals surface area contributed by atoms with Crippen LogP contribution >= 0.6 is 0 Å². The van der Waals surface area contributed by atoms with Gasteiger partial charge >= 0.3 is 0 Å². The average molecular weight is 350 g/mol. The maximum absolute atomic E-state index is 12.0. The molecular formula is C22H39NO2. The quantitative estimate of drug-likeness (QED) is 0.663. The summed E-state index contributed by atoms with van der Waals surface area (Å²) in [5, 5.41) is 2.69. The van der Waals surface area contributed by atoms with E-state index in [0.717, 1.165) is 18.6 Å². The summed E-state index contributed by atoms with van der Waals surface area (Å²) in [6, 6.07) is 6.47. The van der Waals surface area contributed by atoms with Gasteiger partial charge in [-0.15, -0.1) is 0 Å². The van der Waals surface area contributed by atoms with Gasteiger partial charge < -0.3 is 10.1 Å². The van der Waals surface area contributed by atoms with Gasteiger partial charge in [0.05, 0.1) is 0 Å². The van der Waals surface area contributed by atoms with Gasteiger partial charge in [-0.3, -0.25) is 4.79 Å². The Morgan fingerprint density at radius 2 is 1.64 bits per heavy atom. The molecule has 0 bridgehead atoms. The van der Waals surface area contributed by atoms with Crippen molar-refractivity contribution < 1.29 is 9.53 Å². The van der Waals surface area contributed by atoms with Crippen molar-refractivity contribution in [3.05, 3.63) is 29.3 Å². The van der Waals surface area contributed by atoms with Crippen LogP contribution in [0.15, 0.2) is 18.2 Å². The smallest absolute Gasteiger partial charge is 0.260 e. The van der Waals surface area contributed by atoms with Crippen LogP contribution < -0.4 is 10.1 Å². The average Bonchev–Trinajstić information content (AvgIpc) is 2.58. The molecule has 0 spiro atoms. The molecule has 1 N–H and O–H groups in total. The molecule has 0 fully saturated rings. The molecule has 1 aromatic rings. The molecule has 0 heterocycles. The lowest BCUT2D eigenvalue weighted by atomic mass is 9.76. The van der Waals surface area contributed by atoms with Gasteiger partial charge in [0.1, 0.15) is 5.75 Å². The van der Waals surface area contributed by atoms with Crippen molar-refractivity contribution in [1.82, 2.24) is 5.32 Å². The zero-order chi connectivity index (χ0) is 18.5. The van der Waals surface area contributed by atoms with E-state index in [-0.39, 0.29) is 24.2 Å². The molecule has 0 saturated carbocycles. The first-order valence-electron chi connectivity index (χ1n) is 9.16. The number of carbonyl (C=O) groups is 1. The minimum atomic E-state index is -0.452. The van der Waals surface area contributed by atoms with E-state index < -0.39 is 6.10 Å². The number of rotatable bonds is 8. The number of benzene rings is 1. The second kappa shape index (κ2) is 9.26. The van der Waals surface area contributed by atoms with Gasteiger partial charge in [0.15, 0.2) is 6.10 Å². The molecule has 0 aliphatic carbocycles. The SMILES string of the molecule is C.CCC(Oc1ccc(C(C)(C)CC)cc1C(C)(C)CC)C(=O)NC. The Bertz CT molecular complexity index is 561. The first-order chi connectivity index (χ1) is 11.1. The molecule has 1 aromatic carbocycles. The van der Waals surface area contributed by atoms with Crippen LogP contribution in [0, 0.1) is 0 Å². The molecule has 0 saturated heterocycles. The Kier molecular flexibility index (Phi) is 8.70. The lowest BCUT2D eigenvalue weighted by molar-refractivity contribution is -0.127. The molecule has 0 radical (unpaired) electrons. The van der Waals surface area contributed by atoms with E-state index in [1.54, 1.807) is 7.05 Å². The molecule has 3 heteroatoms. The van der Waals surface area contributed by atoms with Crippen LogP contribution in [0.25, 0.3) is 0 Å². The van der Waals surface area contributed by atoms with Crippen LogP contribution in [0.1, 0.15) is 86.3 Å². The van der Waals surface area contributed by atoms with Crippen LogP contribution in [-0.4, -0.2) is 19.1 Å². The van der Waals surface area contributed by atoms with Crippen molar-refractivity contribution in [3.8, 4) is 5.75 Å². The Morgan fingerprint density at radius 1 is 1.08 bits per heavy atom. The zero-order valence-electron chi connectivity index (χ0n) is 16.7. The van der Waals surface area contributed by atoms with Gasteiger partial charge in [0.25, 0.3) is 5.91 Å². The number of amides is 1. The minimum Gasteiger partial charge on any atom is -0.480 e. The monoisotopic (exact) mass is 349 g/mol. The Hall–Kier alpha value is -1.51. The Labute approximate surface area is 155 Å². The minimum absolute atomic E-state index is 0. The highest BCUT2D eigenvalue weighted by Gasteiger charge is 2.28.